The molecule has 0 aromatic rings. The van der Waals surface area contributed by atoms with Gasteiger partial charge in [-0.25, -0.2) is 9.59 Å². The van der Waals surface area contributed by atoms with Crippen molar-refractivity contribution < 1.29 is 43.2 Å². The summed E-state index contributed by atoms with van der Waals surface area (Å²) in [5, 5.41) is 9.44. The summed E-state index contributed by atoms with van der Waals surface area (Å²) in [5.74, 6) is -1.63. The van der Waals surface area contributed by atoms with Gasteiger partial charge in [-0.3, -0.25) is 9.59 Å². The van der Waals surface area contributed by atoms with Crippen molar-refractivity contribution in [3.8, 4) is 0 Å². The van der Waals surface area contributed by atoms with Gasteiger partial charge in [0.25, 0.3) is 0 Å². The molecule has 0 fully saturated rings. The summed E-state index contributed by atoms with van der Waals surface area (Å²) in [6, 6.07) is 0. The lowest BCUT2D eigenvalue weighted by Gasteiger charge is -2.18. The zero-order valence-electron chi connectivity index (χ0n) is 31.6. The van der Waals surface area contributed by atoms with E-state index in [0.717, 1.165) is 128 Å². The second kappa shape index (κ2) is 32.5. The second-order valence-corrected chi connectivity index (χ2v) is 13.1. The predicted molar refractivity (Wildman–Crippen MR) is 195 cm³/mol. The minimum Gasteiger partial charge on any atom is -0.469 e. The molecule has 0 bridgehead atoms. The van der Waals surface area contributed by atoms with Crippen LogP contribution in [0.3, 0.4) is 0 Å². The molecule has 9 nitrogen and oxygen atoms in total. The van der Waals surface area contributed by atoms with Gasteiger partial charge in [0.1, 0.15) is 18.3 Å². The third-order valence-electron chi connectivity index (χ3n) is 8.38. The molecule has 0 spiro atoms. The van der Waals surface area contributed by atoms with E-state index in [4.69, 9.17) is 14.2 Å². The Kier molecular flexibility index (Phi) is 30.7. The van der Waals surface area contributed by atoms with Crippen molar-refractivity contribution in [2.75, 3.05) is 7.11 Å². The molecule has 0 saturated carbocycles. The molecule has 4 unspecified atom stereocenters. The highest BCUT2D eigenvalue weighted by Gasteiger charge is 2.22. The number of carbonyl (C=O) groups is 4. The van der Waals surface area contributed by atoms with Crippen molar-refractivity contribution in [2.24, 2.45) is 0 Å². The van der Waals surface area contributed by atoms with Gasteiger partial charge in [0.2, 0.25) is 0 Å². The topological polar surface area (TPSA) is 125 Å². The fourth-order valence-electron chi connectivity index (χ4n) is 5.28. The monoisotopic (exact) mass is 695 g/mol. The zero-order valence-corrected chi connectivity index (χ0v) is 31.6. The third kappa shape index (κ3) is 28.8. The lowest BCUT2D eigenvalue weighted by atomic mass is 10.1. The van der Waals surface area contributed by atoms with E-state index in [-0.39, 0.29) is 30.6 Å². The Morgan fingerprint density at radius 2 is 0.980 bits per heavy atom. The molecule has 0 aliphatic rings. The van der Waals surface area contributed by atoms with Gasteiger partial charge in [-0.15, -0.1) is 0 Å². The summed E-state index contributed by atoms with van der Waals surface area (Å²) in [6.07, 6.45) is 26.6. The summed E-state index contributed by atoms with van der Waals surface area (Å²) < 4.78 is 21.2. The molecular weight excluding hydrogens is 624 g/mol. The van der Waals surface area contributed by atoms with Crippen molar-refractivity contribution in [2.45, 2.75) is 200 Å². The number of methoxy groups -OCH3 is 1. The van der Waals surface area contributed by atoms with Crippen LogP contribution >= 0.6 is 0 Å². The highest BCUT2D eigenvalue weighted by Crippen LogP contribution is 2.15. The first-order valence-corrected chi connectivity index (χ1v) is 19.3. The van der Waals surface area contributed by atoms with Crippen molar-refractivity contribution in [1.29, 1.82) is 0 Å². The van der Waals surface area contributed by atoms with Gasteiger partial charge in [0, 0.05) is 12.8 Å². The Balaban J connectivity index is 4.37. The van der Waals surface area contributed by atoms with E-state index in [0.29, 0.717) is 12.8 Å². The van der Waals surface area contributed by atoms with E-state index >= 15 is 0 Å². The number of allylic oxidation sites excluding steroid dienone is 2. The molecule has 0 heterocycles. The maximum absolute atomic E-state index is 12.8. The fourth-order valence-corrected chi connectivity index (χ4v) is 5.28. The molecule has 0 saturated heterocycles. The van der Waals surface area contributed by atoms with Gasteiger partial charge >= 0.3 is 23.9 Å². The molecule has 9 heteroatoms. The number of aliphatic hydroxyl groups is 1. The average molecular weight is 695 g/mol. The van der Waals surface area contributed by atoms with E-state index in [1.165, 1.54) is 14.0 Å². The number of ether oxygens (including phenoxy) is 4. The first-order chi connectivity index (χ1) is 23.6. The van der Waals surface area contributed by atoms with Crippen LogP contribution < -0.4 is 0 Å². The summed E-state index contributed by atoms with van der Waals surface area (Å²) >= 11 is 0. The first kappa shape index (κ1) is 46.3. The number of hydrogen-bond donors (Lipinski definition) is 1. The molecule has 0 aromatic heterocycles. The summed E-state index contributed by atoms with van der Waals surface area (Å²) in [6.45, 7) is 7.28. The number of rotatable bonds is 32. The van der Waals surface area contributed by atoms with E-state index in [1.54, 1.807) is 6.92 Å². The highest BCUT2D eigenvalue weighted by atomic mass is 16.6. The van der Waals surface area contributed by atoms with Gasteiger partial charge in [0.15, 0.2) is 6.10 Å². The zero-order chi connectivity index (χ0) is 36.5. The van der Waals surface area contributed by atoms with Crippen LogP contribution in [0.1, 0.15) is 175 Å². The molecule has 0 amide bonds. The van der Waals surface area contributed by atoms with Gasteiger partial charge < -0.3 is 24.1 Å². The Morgan fingerprint density at radius 1 is 0.551 bits per heavy atom. The quantitative estimate of drug-likeness (QED) is 0.0317. The predicted octanol–water partition coefficient (Wildman–Crippen LogP) is 9.42. The van der Waals surface area contributed by atoms with Gasteiger partial charge in [-0.1, -0.05) is 96.6 Å². The lowest BCUT2D eigenvalue weighted by Crippen LogP contribution is -2.29. The molecule has 0 aliphatic carbocycles. The van der Waals surface area contributed by atoms with Crippen LogP contribution in [0, 0.1) is 0 Å². The van der Waals surface area contributed by atoms with Crippen LogP contribution in [-0.4, -0.2) is 60.5 Å². The lowest BCUT2D eigenvalue weighted by molar-refractivity contribution is -0.169. The molecule has 0 aliphatic heterocycles. The van der Waals surface area contributed by atoms with Crippen LogP contribution in [0.25, 0.3) is 0 Å². The number of aliphatic hydroxyl groups excluding tert-OH is 1. The standard InChI is InChI=1S/C40H70O9/c1-6-8-10-22-28-36(30-24-18-13-11-15-19-25-31-37(42)46-5)49-40(45)34(4)47-38(43)32-26-20-16-12-14-17-23-29-35(27-21-9-7-2)48-39(44)33(3)41/h23-24,29-30,33-36,41H,6-22,25-28,31-32H2,1-5H3/b29-23-,30-24-. The van der Waals surface area contributed by atoms with Crippen molar-refractivity contribution in [3.63, 3.8) is 0 Å². The first-order valence-electron chi connectivity index (χ1n) is 19.3. The van der Waals surface area contributed by atoms with Gasteiger partial charge in [-0.2, -0.15) is 0 Å². The highest BCUT2D eigenvalue weighted by molar-refractivity contribution is 5.79. The molecule has 1 N–H and O–H groups in total. The molecule has 0 aromatic carbocycles. The van der Waals surface area contributed by atoms with E-state index in [2.05, 4.69) is 30.7 Å². The SMILES string of the molecule is CCCCCCC(/C=C\CCCCCCCC(=O)OC)OC(=O)C(C)OC(=O)CCCCCCC/C=C\C(CCCCC)OC(=O)C(C)O. The average Bonchev–Trinajstić information content (AvgIpc) is 3.07. The third-order valence-corrected chi connectivity index (χ3v) is 8.38. The van der Waals surface area contributed by atoms with Crippen molar-refractivity contribution in [1.82, 2.24) is 0 Å². The van der Waals surface area contributed by atoms with Crippen LogP contribution in [-0.2, 0) is 38.1 Å². The Labute approximate surface area is 297 Å². The molecule has 0 radical (unpaired) electrons. The van der Waals surface area contributed by atoms with Crippen molar-refractivity contribution in [3.05, 3.63) is 24.3 Å². The smallest absolute Gasteiger partial charge is 0.347 e. The van der Waals surface area contributed by atoms with Crippen LogP contribution in [0.4, 0.5) is 0 Å². The van der Waals surface area contributed by atoms with Crippen LogP contribution in [0.15, 0.2) is 24.3 Å². The van der Waals surface area contributed by atoms with Gasteiger partial charge in [-0.05, 0) is 90.2 Å². The number of esters is 4. The minimum absolute atomic E-state index is 0.153. The Bertz CT molecular complexity index is 911. The number of carbonyl (C=O) groups excluding carboxylic acids is 4. The molecule has 49 heavy (non-hydrogen) atoms. The molecular formula is C40H70O9. The summed E-state index contributed by atoms with van der Waals surface area (Å²) in [5.41, 5.74) is 0. The fraction of sp³-hybridized carbons (Fsp3) is 0.800. The van der Waals surface area contributed by atoms with E-state index in [1.807, 2.05) is 12.2 Å². The maximum atomic E-state index is 12.8. The normalized spacial score (nSPS) is 14.0. The Hall–Kier alpha value is -2.68. The summed E-state index contributed by atoms with van der Waals surface area (Å²) in [7, 11) is 1.42. The minimum atomic E-state index is -1.12. The van der Waals surface area contributed by atoms with Gasteiger partial charge in [0.05, 0.1) is 7.11 Å². The summed E-state index contributed by atoms with van der Waals surface area (Å²) in [4.78, 5) is 48.1. The molecule has 0 rings (SSSR count). The van der Waals surface area contributed by atoms with Crippen LogP contribution in [0.5, 0.6) is 0 Å². The Morgan fingerprint density at radius 3 is 1.49 bits per heavy atom. The molecule has 284 valence electrons. The number of hydrogen-bond acceptors (Lipinski definition) is 9. The second-order valence-electron chi connectivity index (χ2n) is 13.1. The maximum Gasteiger partial charge on any atom is 0.347 e. The largest absolute Gasteiger partial charge is 0.469 e. The van der Waals surface area contributed by atoms with Crippen LogP contribution in [0.2, 0.25) is 0 Å². The molecule has 4 atom stereocenters. The van der Waals surface area contributed by atoms with Crippen molar-refractivity contribution >= 4 is 23.9 Å². The van der Waals surface area contributed by atoms with E-state index in [9.17, 15) is 24.3 Å². The number of unbranched alkanes of at least 4 members (excludes halogenated alkanes) is 15. The van der Waals surface area contributed by atoms with E-state index < -0.39 is 24.1 Å².